The maximum absolute atomic E-state index is 11.6. The molecule has 1 aliphatic rings. The molecule has 1 fully saturated rings. The second kappa shape index (κ2) is 5.91. The van der Waals surface area contributed by atoms with Crippen molar-refractivity contribution < 1.29 is 9.53 Å². The van der Waals surface area contributed by atoms with E-state index in [9.17, 15) is 4.79 Å². The van der Waals surface area contributed by atoms with Crippen LogP contribution < -0.4 is 0 Å². The van der Waals surface area contributed by atoms with Gasteiger partial charge in [-0.15, -0.1) is 0 Å². The minimum Gasteiger partial charge on any atom is -0.466 e. The van der Waals surface area contributed by atoms with Gasteiger partial charge in [0, 0.05) is 13.1 Å². The van der Waals surface area contributed by atoms with Crippen molar-refractivity contribution in [2.24, 2.45) is 5.92 Å². The van der Waals surface area contributed by atoms with Crippen LogP contribution in [0.15, 0.2) is 12.2 Å². The quantitative estimate of drug-likeness (QED) is 0.525. The van der Waals surface area contributed by atoms with Gasteiger partial charge in [-0.1, -0.05) is 12.2 Å². The number of esters is 1. The van der Waals surface area contributed by atoms with Gasteiger partial charge in [0.15, 0.2) is 0 Å². The molecule has 0 unspecified atom stereocenters. The maximum atomic E-state index is 11.6. The van der Waals surface area contributed by atoms with Gasteiger partial charge in [0.05, 0.1) is 12.5 Å². The molecule has 1 atom stereocenters. The van der Waals surface area contributed by atoms with Crippen molar-refractivity contribution in [1.82, 2.24) is 4.90 Å². The van der Waals surface area contributed by atoms with Crippen LogP contribution in [0.2, 0.25) is 0 Å². The summed E-state index contributed by atoms with van der Waals surface area (Å²) in [6.07, 6.45) is 2.04. The largest absolute Gasteiger partial charge is 0.466 e. The number of nitrogens with zero attached hydrogens (tertiary/aromatic N) is 1. The van der Waals surface area contributed by atoms with E-state index in [1.807, 2.05) is 13.8 Å². The number of ether oxygens (including phenoxy) is 1. The van der Waals surface area contributed by atoms with Crippen molar-refractivity contribution in [1.29, 1.82) is 0 Å². The van der Waals surface area contributed by atoms with E-state index in [0.29, 0.717) is 6.61 Å². The highest BCUT2D eigenvalue weighted by molar-refractivity contribution is 5.72. The third-order valence-electron chi connectivity index (χ3n) is 2.62. The summed E-state index contributed by atoms with van der Waals surface area (Å²) in [6.45, 7) is 11.1. The van der Waals surface area contributed by atoms with Gasteiger partial charge < -0.3 is 4.74 Å². The second-order valence-corrected chi connectivity index (χ2v) is 4.28. The Morgan fingerprint density at radius 3 is 2.93 bits per heavy atom. The van der Waals surface area contributed by atoms with Crippen LogP contribution in [0.1, 0.15) is 26.7 Å². The minimum absolute atomic E-state index is 0.0380. The van der Waals surface area contributed by atoms with Gasteiger partial charge in [-0.05, 0) is 33.2 Å². The highest BCUT2D eigenvalue weighted by Gasteiger charge is 2.26. The number of carbonyl (C=O) groups excluding carboxylic acids is 1. The second-order valence-electron chi connectivity index (χ2n) is 4.28. The van der Waals surface area contributed by atoms with Gasteiger partial charge in [0.2, 0.25) is 0 Å². The van der Waals surface area contributed by atoms with Crippen LogP contribution in [-0.2, 0) is 9.53 Å². The molecule has 0 aromatic heterocycles. The lowest BCUT2D eigenvalue weighted by Crippen LogP contribution is -2.40. The molecule has 1 heterocycles. The summed E-state index contributed by atoms with van der Waals surface area (Å²) in [5.74, 6) is 0.0296. The van der Waals surface area contributed by atoms with E-state index in [1.165, 1.54) is 0 Å². The Balaban J connectivity index is 2.41. The first-order valence-electron chi connectivity index (χ1n) is 5.66. The minimum atomic E-state index is -0.0380. The molecule has 1 rings (SSSR count). The summed E-state index contributed by atoms with van der Waals surface area (Å²) in [7, 11) is 0. The van der Waals surface area contributed by atoms with Gasteiger partial charge in [-0.25, -0.2) is 0 Å². The van der Waals surface area contributed by atoms with Crippen LogP contribution in [0, 0.1) is 5.92 Å². The number of likely N-dealkylation sites (tertiary alicyclic amines) is 1. The Labute approximate surface area is 92.1 Å². The normalized spacial score (nSPS) is 22.4. The molecule has 1 aliphatic heterocycles. The van der Waals surface area contributed by atoms with Gasteiger partial charge in [-0.3, -0.25) is 9.69 Å². The molecule has 0 radical (unpaired) electrons. The lowest BCUT2D eigenvalue weighted by molar-refractivity contribution is -0.149. The predicted octanol–water partition coefficient (Wildman–Crippen LogP) is 1.84. The van der Waals surface area contributed by atoms with Crippen molar-refractivity contribution in [3.63, 3.8) is 0 Å². The van der Waals surface area contributed by atoms with Gasteiger partial charge >= 0.3 is 5.97 Å². The molecule has 86 valence electrons. The predicted molar refractivity (Wildman–Crippen MR) is 60.6 cm³/mol. The van der Waals surface area contributed by atoms with E-state index in [1.54, 1.807) is 0 Å². The van der Waals surface area contributed by atoms with Crippen LogP contribution in [0.3, 0.4) is 0 Å². The molecule has 3 heteroatoms. The number of hydrogen-bond donors (Lipinski definition) is 0. The fraction of sp³-hybridized carbons (Fsp3) is 0.750. The summed E-state index contributed by atoms with van der Waals surface area (Å²) in [6, 6.07) is 0. The first kappa shape index (κ1) is 12.2. The lowest BCUT2D eigenvalue weighted by Gasteiger charge is -2.31. The van der Waals surface area contributed by atoms with Gasteiger partial charge in [-0.2, -0.15) is 0 Å². The van der Waals surface area contributed by atoms with Crippen molar-refractivity contribution >= 4 is 5.97 Å². The maximum Gasteiger partial charge on any atom is 0.310 e. The van der Waals surface area contributed by atoms with Crippen molar-refractivity contribution in [2.75, 3.05) is 26.2 Å². The van der Waals surface area contributed by atoms with Crippen molar-refractivity contribution in [3.8, 4) is 0 Å². The molecular weight excluding hydrogens is 190 g/mol. The Kier molecular flexibility index (Phi) is 4.82. The Morgan fingerprint density at radius 2 is 2.33 bits per heavy atom. The Morgan fingerprint density at radius 1 is 1.60 bits per heavy atom. The SMILES string of the molecule is C=C(C)CN1CCC[C@H](C(=O)OCC)C1. The number of rotatable bonds is 4. The van der Waals surface area contributed by atoms with E-state index in [0.717, 1.165) is 38.0 Å². The third-order valence-corrected chi connectivity index (χ3v) is 2.62. The molecule has 0 amide bonds. The van der Waals surface area contributed by atoms with E-state index in [-0.39, 0.29) is 11.9 Å². The molecule has 1 saturated heterocycles. The molecule has 15 heavy (non-hydrogen) atoms. The Hall–Kier alpha value is -0.830. The summed E-state index contributed by atoms with van der Waals surface area (Å²) in [5.41, 5.74) is 1.15. The van der Waals surface area contributed by atoms with Gasteiger partial charge in [0.25, 0.3) is 0 Å². The molecule has 0 spiro atoms. The summed E-state index contributed by atoms with van der Waals surface area (Å²) >= 11 is 0. The molecule has 0 bridgehead atoms. The zero-order chi connectivity index (χ0) is 11.3. The monoisotopic (exact) mass is 211 g/mol. The summed E-state index contributed by atoms with van der Waals surface area (Å²) in [4.78, 5) is 13.8. The fourth-order valence-corrected chi connectivity index (χ4v) is 2.03. The molecule has 0 N–H and O–H groups in total. The molecule has 0 aromatic carbocycles. The molecule has 0 saturated carbocycles. The molecular formula is C12H21NO2. The van der Waals surface area contributed by atoms with Crippen LogP contribution >= 0.6 is 0 Å². The zero-order valence-electron chi connectivity index (χ0n) is 9.79. The lowest BCUT2D eigenvalue weighted by atomic mass is 9.98. The molecule has 3 nitrogen and oxygen atoms in total. The van der Waals surface area contributed by atoms with Crippen LogP contribution in [0.25, 0.3) is 0 Å². The number of carbonyl (C=O) groups is 1. The van der Waals surface area contributed by atoms with Gasteiger partial charge in [0.1, 0.15) is 0 Å². The highest BCUT2D eigenvalue weighted by Crippen LogP contribution is 2.18. The van der Waals surface area contributed by atoms with E-state index < -0.39 is 0 Å². The molecule has 0 aliphatic carbocycles. The average Bonchev–Trinajstić information content (AvgIpc) is 2.17. The highest BCUT2D eigenvalue weighted by atomic mass is 16.5. The van der Waals surface area contributed by atoms with E-state index in [4.69, 9.17) is 4.74 Å². The first-order valence-corrected chi connectivity index (χ1v) is 5.66. The smallest absolute Gasteiger partial charge is 0.310 e. The average molecular weight is 211 g/mol. The molecule has 0 aromatic rings. The van der Waals surface area contributed by atoms with Crippen molar-refractivity contribution in [3.05, 3.63) is 12.2 Å². The van der Waals surface area contributed by atoms with Crippen molar-refractivity contribution in [2.45, 2.75) is 26.7 Å². The number of piperidine rings is 1. The standard InChI is InChI=1S/C12H21NO2/c1-4-15-12(14)11-6-5-7-13(9-11)8-10(2)3/h11H,2,4-9H2,1,3H3/t11-/m0/s1. The zero-order valence-corrected chi connectivity index (χ0v) is 9.79. The summed E-state index contributed by atoms with van der Waals surface area (Å²) < 4.78 is 5.05. The van der Waals surface area contributed by atoms with Crippen LogP contribution in [-0.4, -0.2) is 37.1 Å². The topological polar surface area (TPSA) is 29.5 Å². The fourth-order valence-electron chi connectivity index (χ4n) is 2.03. The van der Waals surface area contributed by atoms with E-state index in [2.05, 4.69) is 11.5 Å². The summed E-state index contributed by atoms with van der Waals surface area (Å²) in [5, 5.41) is 0. The Bertz CT molecular complexity index is 238. The third kappa shape index (κ3) is 4.04. The number of hydrogen-bond acceptors (Lipinski definition) is 3. The van der Waals surface area contributed by atoms with Crippen LogP contribution in [0.4, 0.5) is 0 Å². The first-order chi connectivity index (χ1) is 7.13. The van der Waals surface area contributed by atoms with Crippen LogP contribution in [0.5, 0.6) is 0 Å². The van der Waals surface area contributed by atoms with E-state index >= 15 is 0 Å².